The lowest BCUT2D eigenvalue weighted by Gasteiger charge is -2.37. The molecule has 34 heavy (non-hydrogen) atoms. The second kappa shape index (κ2) is 10.0. The van der Waals surface area contributed by atoms with E-state index in [1.165, 1.54) is 9.13 Å². The average molecular weight is 471 g/mol. The van der Waals surface area contributed by atoms with Crippen LogP contribution in [-0.4, -0.2) is 63.5 Å². The fraction of sp³-hybridized carbons (Fsp3) is 0.600. The van der Waals surface area contributed by atoms with E-state index in [0.29, 0.717) is 56.0 Å². The number of hydrogen-bond acceptors (Lipinski definition) is 5. The van der Waals surface area contributed by atoms with Crippen LogP contribution in [0.1, 0.15) is 39.5 Å². The molecule has 1 aromatic heterocycles. The summed E-state index contributed by atoms with van der Waals surface area (Å²) in [7, 11) is 1.68. The Morgan fingerprint density at radius 1 is 1.00 bits per heavy atom. The molecule has 9 nitrogen and oxygen atoms in total. The van der Waals surface area contributed by atoms with Gasteiger partial charge in [0.15, 0.2) is 0 Å². The lowest BCUT2D eigenvalue weighted by molar-refractivity contribution is -0.142. The van der Waals surface area contributed by atoms with Gasteiger partial charge in [0.2, 0.25) is 11.8 Å². The van der Waals surface area contributed by atoms with Crippen molar-refractivity contribution in [1.29, 1.82) is 0 Å². The van der Waals surface area contributed by atoms with E-state index in [2.05, 4.69) is 0 Å². The summed E-state index contributed by atoms with van der Waals surface area (Å²) >= 11 is 0. The van der Waals surface area contributed by atoms with Crippen LogP contribution in [0.15, 0.2) is 27.8 Å². The van der Waals surface area contributed by atoms with Gasteiger partial charge in [-0.2, -0.15) is 0 Å². The molecule has 0 unspecified atom stereocenters. The second-order valence-corrected chi connectivity index (χ2v) is 9.42. The highest BCUT2D eigenvalue weighted by Gasteiger charge is 2.32. The van der Waals surface area contributed by atoms with Crippen LogP contribution in [0.4, 0.5) is 0 Å². The first-order valence-electron chi connectivity index (χ1n) is 12.2. The van der Waals surface area contributed by atoms with Crippen molar-refractivity contribution in [2.24, 2.45) is 18.9 Å². The van der Waals surface area contributed by atoms with Gasteiger partial charge in [0.25, 0.3) is 5.56 Å². The first-order chi connectivity index (χ1) is 16.3. The lowest BCUT2D eigenvalue weighted by Crippen LogP contribution is -2.51. The largest absolute Gasteiger partial charge is 0.494 e. The van der Waals surface area contributed by atoms with Crippen molar-refractivity contribution in [3.63, 3.8) is 0 Å². The summed E-state index contributed by atoms with van der Waals surface area (Å²) < 4.78 is 8.40. The molecule has 0 radical (unpaired) electrons. The number of rotatable bonds is 5. The predicted molar refractivity (Wildman–Crippen MR) is 129 cm³/mol. The summed E-state index contributed by atoms with van der Waals surface area (Å²) in [5.41, 5.74) is -0.0155. The first-order valence-corrected chi connectivity index (χ1v) is 12.2. The molecule has 0 bridgehead atoms. The number of nitrogens with zero attached hydrogens (tertiary/aromatic N) is 4. The van der Waals surface area contributed by atoms with Gasteiger partial charge in [-0.3, -0.25) is 23.5 Å². The zero-order valence-corrected chi connectivity index (χ0v) is 20.3. The highest BCUT2D eigenvalue weighted by molar-refractivity contribution is 5.80. The van der Waals surface area contributed by atoms with Crippen LogP contribution in [-0.2, 0) is 23.2 Å². The fourth-order valence-corrected chi connectivity index (χ4v) is 5.26. The minimum Gasteiger partial charge on any atom is -0.494 e. The van der Waals surface area contributed by atoms with Crippen LogP contribution in [0.2, 0.25) is 0 Å². The number of amides is 2. The number of carbonyl (C=O) groups excluding carboxylic acids is 2. The molecule has 2 fully saturated rings. The summed E-state index contributed by atoms with van der Waals surface area (Å²) in [4.78, 5) is 54.3. The molecule has 0 atom stereocenters. The minimum absolute atomic E-state index is 0.0231. The van der Waals surface area contributed by atoms with E-state index in [-0.39, 0.29) is 34.9 Å². The summed E-state index contributed by atoms with van der Waals surface area (Å²) in [5.74, 6) is 0.989. The molecule has 1 saturated heterocycles. The summed E-state index contributed by atoms with van der Waals surface area (Å²) in [6.07, 6.45) is 3.12. The van der Waals surface area contributed by atoms with E-state index < -0.39 is 0 Å². The van der Waals surface area contributed by atoms with Gasteiger partial charge in [-0.05, 0) is 56.7 Å². The molecule has 4 rings (SSSR count). The van der Waals surface area contributed by atoms with E-state index in [1.807, 2.05) is 11.8 Å². The number of hydrogen-bond donors (Lipinski definition) is 0. The van der Waals surface area contributed by atoms with Crippen molar-refractivity contribution in [3.05, 3.63) is 39.0 Å². The highest BCUT2D eigenvalue weighted by atomic mass is 16.5. The number of benzene rings is 1. The van der Waals surface area contributed by atoms with Crippen LogP contribution < -0.4 is 16.0 Å². The highest BCUT2D eigenvalue weighted by Crippen LogP contribution is 2.31. The third kappa shape index (κ3) is 4.74. The Morgan fingerprint density at radius 2 is 1.65 bits per heavy atom. The topological polar surface area (TPSA) is 93.8 Å². The molecule has 0 spiro atoms. The van der Waals surface area contributed by atoms with Gasteiger partial charge in [-0.15, -0.1) is 0 Å². The van der Waals surface area contributed by atoms with E-state index in [0.717, 1.165) is 25.7 Å². The zero-order valence-electron chi connectivity index (χ0n) is 20.3. The van der Waals surface area contributed by atoms with Gasteiger partial charge >= 0.3 is 5.69 Å². The smallest absolute Gasteiger partial charge is 0.331 e. The monoisotopic (exact) mass is 470 g/mol. The third-order valence-corrected chi connectivity index (χ3v) is 7.31. The summed E-state index contributed by atoms with van der Waals surface area (Å²) in [6.45, 7) is 6.67. The number of aromatic nitrogens is 2. The van der Waals surface area contributed by atoms with Gasteiger partial charge in [0, 0.05) is 52.6 Å². The Labute approximate surface area is 198 Å². The number of piperazine rings is 1. The van der Waals surface area contributed by atoms with Gasteiger partial charge < -0.3 is 14.5 Å². The molecule has 0 N–H and O–H groups in total. The van der Waals surface area contributed by atoms with Crippen molar-refractivity contribution in [1.82, 2.24) is 18.9 Å². The van der Waals surface area contributed by atoms with Gasteiger partial charge in [-0.25, -0.2) is 4.79 Å². The standard InChI is InChI=1S/C25H34N4O5/c1-4-34-20-9-10-22-21(15-20)24(32)29(25(33)26(22)3)16-18-5-7-19(8-6-18)23(31)28-13-11-27(12-14-28)17(2)30/h9-10,15,18-19H,4-8,11-14,16H2,1-3H3/t18-,19-. The van der Waals surface area contributed by atoms with Crippen molar-refractivity contribution in [3.8, 4) is 5.75 Å². The maximum Gasteiger partial charge on any atom is 0.331 e. The molecule has 184 valence electrons. The third-order valence-electron chi connectivity index (χ3n) is 7.31. The maximum atomic E-state index is 13.2. The first kappa shape index (κ1) is 24.0. The van der Waals surface area contributed by atoms with E-state index in [4.69, 9.17) is 4.74 Å². The Hall–Kier alpha value is -3.10. The van der Waals surface area contributed by atoms with Crippen molar-refractivity contribution >= 4 is 22.7 Å². The van der Waals surface area contributed by atoms with E-state index in [9.17, 15) is 19.2 Å². The normalized spacial score (nSPS) is 21.0. The van der Waals surface area contributed by atoms with E-state index in [1.54, 1.807) is 37.1 Å². The molecule has 1 saturated carbocycles. The van der Waals surface area contributed by atoms with Crippen LogP contribution >= 0.6 is 0 Å². The molecule has 1 aromatic carbocycles. The molecule has 9 heteroatoms. The number of fused-ring (bicyclic) bond motifs is 1. The van der Waals surface area contributed by atoms with Gasteiger partial charge in [-0.1, -0.05) is 0 Å². The Morgan fingerprint density at radius 3 is 2.26 bits per heavy atom. The molecule has 2 aromatic rings. The van der Waals surface area contributed by atoms with Gasteiger partial charge in [0.1, 0.15) is 5.75 Å². The average Bonchev–Trinajstić information content (AvgIpc) is 2.85. The molecule has 2 heterocycles. The number of carbonyl (C=O) groups is 2. The van der Waals surface area contributed by atoms with Crippen LogP contribution in [0.3, 0.4) is 0 Å². The molecule has 1 aliphatic heterocycles. The number of aryl methyl sites for hydroxylation is 1. The van der Waals surface area contributed by atoms with Crippen molar-refractivity contribution in [2.75, 3.05) is 32.8 Å². The molecular formula is C25H34N4O5. The summed E-state index contributed by atoms with van der Waals surface area (Å²) in [6, 6.07) is 5.23. The van der Waals surface area contributed by atoms with Crippen molar-refractivity contribution < 1.29 is 14.3 Å². The van der Waals surface area contributed by atoms with E-state index >= 15 is 0 Å². The summed E-state index contributed by atoms with van der Waals surface area (Å²) in [5, 5.41) is 0.474. The Balaban J connectivity index is 1.42. The lowest BCUT2D eigenvalue weighted by atomic mass is 9.81. The maximum absolute atomic E-state index is 13.2. The predicted octanol–water partition coefficient (Wildman–Crippen LogP) is 1.60. The molecular weight excluding hydrogens is 436 g/mol. The van der Waals surface area contributed by atoms with Crippen molar-refractivity contribution in [2.45, 2.75) is 46.1 Å². The molecule has 2 aliphatic rings. The van der Waals surface area contributed by atoms with Crippen LogP contribution in [0.5, 0.6) is 5.75 Å². The molecule has 2 amide bonds. The van der Waals surface area contributed by atoms with Crippen LogP contribution in [0.25, 0.3) is 10.9 Å². The quantitative estimate of drug-likeness (QED) is 0.662. The van der Waals surface area contributed by atoms with Gasteiger partial charge in [0.05, 0.1) is 17.5 Å². The minimum atomic E-state index is -0.316. The van der Waals surface area contributed by atoms with Crippen LogP contribution in [0, 0.1) is 11.8 Å². The fourth-order valence-electron chi connectivity index (χ4n) is 5.26. The zero-order chi connectivity index (χ0) is 24.4. The second-order valence-electron chi connectivity index (χ2n) is 9.42. The Kier molecular flexibility index (Phi) is 7.09. The number of ether oxygens (including phenoxy) is 1. The Bertz CT molecular complexity index is 1180. The molecule has 1 aliphatic carbocycles. The SMILES string of the molecule is CCOc1ccc2c(c1)c(=O)n(C[C@H]1CC[C@H](C(=O)N3CCN(C(C)=O)CC3)CC1)c(=O)n2C.